The zero-order chi connectivity index (χ0) is 34.7. The molecule has 2 rings (SSSR count). The van der Waals surface area contributed by atoms with E-state index in [2.05, 4.69) is 15.3 Å². The average Bonchev–Trinajstić information content (AvgIpc) is 2.91. The van der Waals surface area contributed by atoms with E-state index in [0.717, 1.165) is 48.5 Å². The summed E-state index contributed by atoms with van der Waals surface area (Å²) in [4.78, 5) is 87.0. The maximum absolute atomic E-state index is 12.3. The van der Waals surface area contributed by atoms with Gasteiger partial charge in [0.1, 0.15) is 37.6 Å². The first-order valence-electron chi connectivity index (χ1n) is 13.8. The Labute approximate surface area is 262 Å². The predicted molar refractivity (Wildman–Crippen MR) is 144 cm³/mol. The maximum atomic E-state index is 12.3. The lowest BCUT2D eigenvalue weighted by Crippen LogP contribution is -2.68. The molecular formula is C26H36N4O16. The molecule has 4 unspecified atom stereocenters. The predicted octanol–water partition coefficient (Wildman–Crippen LogP) is -0.511. The molecule has 2 fully saturated rings. The van der Waals surface area contributed by atoms with Crippen molar-refractivity contribution in [1.29, 1.82) is 0 Å². The van der Waals surface area contributed by atoms with Crippen molar-refractivity contribution in [2.75, 3.05) is 13.2 Å². The Morgan fingerprint density at radius 2 is 1.09 bits per heavy atom. The lowest BCUT2D eigenvalue weighted by molar-refractivity contribution is -0.339. The fourth-order valence-electron chi connectivity index (χ4n) is 4.74. The third kappa shape index (κ3) is 11.1. The van der Waals surface area contributed by atoms with E-state index in [9.17, 15) is 33.6 Å². The van der Waals surface area contributed by atoms with Crippen LogP contribution in [0.4, 0.5) is 0 Å². The Morgan fingerprint density at radius 1 is 0.630 bits per heavy atom. The van der Waals surface area contributed by atoms with Crippen molar-refractivity contribution >= 4 is 41.7 Å². The number of amides is 1. The molecule has 1 N–H and O–H groups in total. The van der Waals surface area contributed by atoms with Gasteiger partial charge in [-0.3, -0.25) is 33.6 Å². The summed E-state index contributed by atoms with van der Waals surface area (Å²) in [5, 5.41) is 5.99. The van der Waals surface area contributed by atoms with Gasteiger partial charge in [0.2, 0.25) is 5.91 Å². The van der Waals surface area contributed by atoms with Crippen LogP contribution in [0.5, 0.6) is 0 Å². The van der Waals surface area contributed by atoms with E-state index < -0.39 is 116 Å². The van der Waals surface area contributed by atoms with Crippen LogP contribution in [0.3, 0.4) is 0 Å². The standard InChI is InChI=1S/C26H36N4O16/c1-10(31)28-19-22(41-14(5)35)20(17(8-38-11(2)32)44-25(19)29-30-27)46-26-24(43-16(7)37)23(42-15(6)36)21(40-13(4)34)18(45-26)9-39-12(3)33/h17-26H,8-9H2,1-7H3,(H,28,31)/t17?,18?,19?,20-,21-,22+,23-,24?,25+,26-/m0/s1. The van der Waals surface area contributed by atoms with Gasteiger partial charge in [-0.2, -0.15) is 0 Å². The van der Waals surface area contributed by atoms with Gasteiger partial charge in [0.05, 0.1) is 0 Å². The summed E-state index contributed by atoms with van der Waals surface area (Å²) in [6.45, 7) is 6.27. The molecule has 10 atom stereocenters. The smallest absolute Gasteiger partial charge is 0.303 e. The molecule has 46 heavy (non-hydrogen) atoms. The van der Waals surface area contributed by atoms with Crippen LogP contribution in [0, 0.1) is 0 Å². The lowest BCUT2D eigenvalue weighted by atomic mass is 9.94. The van der Waals surface area contributed by atoms with E-state index in [1.807, 2.05) is 0 Å². The van der Waals surface area contributed by atoms with Gasteiger partial charge in [-0.15, -0.1) is 0 Å². The van der Waals surface area contributed by atoms with Crippen LogP contribution < -0.4 is 5.32 Å². The van der Waals surface area contributed by atoms with Crippen molar-refractivity contribution in [3.63, 3.8) is 0 Å². The highest BCUT2D eigenvalue weighted by molar-refractivity contribution is 5.73. The molecule has 0 aromatic heterocycles. The van der Waals surface area contributed by atoms with Crippen molar-refractivity contribution in [1.82, 2.24) is 5.32 Å². The molecule has 256 valence electrons. The van der Waals surface area contributed by atoms with Gasteiger partial charge in [-0.25, -0.2) is 0 Å². The van der Waals surface area contributed by atoms with Crippen LogP contribution in [0.15, 0.2) is 5.11 Å². The summed E-state index contributed by atoms with van der Waals surface area (Å²) < 4.78 is 49.8. The highest BCUT2D eigenvalue weighted by atomic mass is 16.8. The number of ether oxygens (including phenoxy) is 9. The molecule has 0 bridgehead atoms. The van der Waals surface area contributed by atoms with Crippen molar-refractivity contribution in [3.8, 4) is 0 Å². The molecule has 0 aromatic rings. The van der Waals surface area contributed by atoms with E-state index in [0.29, 0.717) is 0 Å². The Hall–Kier alpha value is -4.52. The molecule has 20 nitrogen and oxygen atoms in total. The first kappa shape index (κ1) is 37.7. The molecule has 0 aromatic carbocycles. The molecular weight excluding hydrogens is 624 g/mol. The minimum absolute atomic E-state index is 0.573. The second kappa shape index (κ2) is 17.2. The summed E-state index contributed by atoms with van der Waals surface area (Å²) in [5.74, 6) is -5.75. The van der Waals surface area contributed by atoms with Crippen LogP contribution in [-0.4, -0.2) is 116 Å². The summed E-state index contributed by atoms with van der Waals surface area (Å²) in [7, 11) is 0. The number of nitrogens with zero attached hydrogens (tertiary/aromatic N) is 3. The number of hydrogen-bond acceptors (Lipinski definition) is 17. The SMILES string of the molecule is CC(=O)NC1[C@H](N=[N+]=[N-])OC(COC(C)=O)[C@H](O[C@@H]2OC(COC(C)=O)[C@H](OC(C)=O)[C@H](OC(C)=O)C2OC(C)=O)[C@@H]1OC(C)=O. The third-order valence-corrected chi connectivity index (χ3v) is 6.19. The Balaban J connectivity index is 2.73. The zero-order valence-corrected chi connectivity index (χ0v) is 26.1. The number of rotatable bonds is 12. The van der Waals surface area contributed by atoms with Crippen LogP contribution in [0.2, 0.25) is 0 Å². The minimum atomic E-state index is -1.79. The zero-order valence-electron chi connectivity index (χ0n) is 26.1. The van der Waals surface area contributed by atoms with Crippen LogP contribution in [-0.2, 0) is 76.2 Å². The van der Waals surface area contributed by atoms with Gasteiger partial charge in [0, 0.05) is 53.4 Å². The molecule has 2 aliphatic heterocycles. The normalized spacial score (nSPS) is 30.3. The number of nitrogens with one attached hydrogen (secondary N) is 1. The van der Waals surface area contributed by atoms with Crippen LogP contribution >= 0.6 is 0 Å². The van der Waals surface area contributed by atoms with Gasteiger partial charge < -0.3 is 47.9 Å². The molecule has 0 spiro atoms. The van der Waals surface area contributed by atoms with Crippen LogP contribution in [0.25, 0.3) is 10.4 Å². The summed E-state index contributed by atoms with van der Waals surface area (Å²) in [6, 6.07) is -1.39. The lowest BCUT2D eigenvalue weighted by Gasteiger charge is -2.48. The van der Waals surface area contributed by atoms with Gasteiger partial charge in [-0.05, 0) is 5.53 Å². The van der Waals surface area contributed by atoms with Gasteiger partial charge in [0.25, 0.3) is 0 Å². The number of azide groups is 1. The second-order valence-electron chi connectivity index (χ2n) is 10.0. The topological polar surface area (TPSA) is 263 Å². The number of esters is 6. The molecule has 0 saturated carbocycles. The summed E-state index contributed by atoms with van der Waals surface area (Å²) in [6.07, 6.45) is -14.0. The first-order valence-corrected chi connectivity index (χ1v) is 13.8. The third-order valence-electron chi connectivity index (χ3n) is 6.19. The average molecular weight is 661 g/mol. The molecule has 0 radical (unpaired) electrons. The minimum Gasteiger partial charge on any atom is -0.463 e. The van der Waals surface area contributed by atoms with Crippen LogP contribution in [0.1, 0.15) is 48.5 Å². The number of carbonyl (C=O) groups is 7. The Bertz CT molecular complexity index is 1220. The maximum Gasteiger partial charge on any atom is 0.303 e. The highest BCUT2D eigenvalue weighted by Gasteiger charge is 2.56. The van der Waals surface area contributed by atoms with Gasteiger partial charge in [-0.1, -0.05) is 5.11 Å². The van der Waals surface area contributed by atoms with Crippen molar-refractivity contribution in [2.24, 2.45) is 5.11 Å². The molecule has 0 aliphatic carbocycles. The van der Waals surface area contributed by atoms with Crippen molar-refractivity contribution in [2.45, 2.75) is 110 Å². The fourth-order valence-corrected chi connectivity index (χ4v) is 4.74. The Kier molecular flexibility index (Phi) is 14.1. The number of hydrogen-bond donors (Lipinski definition) is 1. The molecule has 1 amide bonds. The van der Waals surface area contributed by atoms with E-state index in [1.54, 1.807) is 0 Å². The summed E-state index contributed by atoms with van der Waals surface area (Å²) >= 11 is 0. The Morgan fingerprint density at radius 3 is 1.54 bits per heavy atom. The highest BCUT2D eigenvalue weighted by Crippen LogP contribution is 2.34. The molecule has 2 saturated heterocycles. The van der Waals surface area contributed by atoms with Gasteiger partial charge >= 0.3 is 35.8 Å². The fraction of sp³-hybridized carbons (Fsp3) is 0.731. The van der Waals surface area contributed by atoms with E-state index in [1.165, 1.54) is 0 Å². The van der Waals surface area contributed by atoms with Crippen molar-refractivity contribution in [3.05, 3.63) is 10.4 Å². The van der Waals surface area contributed by atoms with E-state index in [-0.39, 0.29) is 0 Å². The molecule has 20 heteroatoms. The quantitative estimate of drug-likeness (QED) is 0.0908. The molecule has 2 aliphatic rings. The largest absolute Gasteiger partial charge is 0.463 e. The molecule has 2 heterocycles. The van der Waals surface area contributed by atoms with E-state index >= 15 is 0 Å². The second-order valence-corrected chi connectivity index (χ2v) is 10.0. The van der Waals surface area contributed by atoms with Gasteiger partial charge in [0.15, 0.2) is 36.9 Å². The monoisotopic (exact) mass is 660 g/mol. The number of carbonyl (C=O) groups excluding carboxylic acids is 7. The van der Waals surface area contributed by atoms with Crippen molar-refractivity contribution < 1.29 is 76.2 Å². The van der Waals surface area contributed by atoms with E-state index in [4.69, 9.17) is 48.2 Å². The summed E-state index contributed by atoms with van der Waals surface area (Å²) in [5.41, 5.74) is 9.16. The first-order chi connectivity index (χ1) is 21.5.